The predicted molar refractivity (Wildman–Crippen MR) is 67.3 cm³/mol. The number of phenols is 1. The Morgan fingerprint density at radius 3 is 2.82 bits per heavy atom. The topological polar surface area (TPSA) is 61.7 Å². The molecule has 96 valence electrons. The zero-order valence-corrected chi connectivity index (χ0v) is 10.4. The monoisotopic (exact) mass is 239 g/mol. The van der Waals surface area contributed by atoms with E-state index in [4.69, 9.17) is 4.74 Å². The summed E-state index contributed by atoms with van der Waals surface area (Å²) in [6.07, 6.45) is 1.43. The molecule has 1 aromatic rings. The maximum absolute atomic E-state index is 9.83. The van der Waals surface area contributed by atoms with Gasteiger partial charge in [0.05, 0.1) is 13.2 Å². The lowest BCUT2D eigenvalue weighted by Crippen LogP contribution is -2.26. The van der Waals surface area contributed by atoms with Crippen LogP contribution in [0.15, 0.2) is 18.2 Å². The number of aliphatic hydroxyl groups excluding tert-OH is 1. The highest BCUT2D eigenvalue weighted by Crippen LogP contribution is 2.28. The van der Waals surface area contributed by atoms with Gasteiger partial charge in [-0.2, -0.15) is 0 Å². The van der Waals surface area contributed by atoms with Gasteiger partial charge in [0, 0.05) is 18.7 Å². The molecule has 0 aliphatic carbocycles. The van der Waals surface area contributed by atoms with Gasteiger partial charge >= 0.3 is 0 Å². The summed E-state index contributed by atoms with van der Waals surface area (Å²) in [5.41, 5.74) is 0.771. The highest BCUT2D eigenvalue weighted by atomic mass is 16.5. The van der Waals surface area contributed by atoms with Crippen LogP contribution < -0.4 is 10.1 Å². The van der Waals surface area contributed by atoms with Crippen molar-refractivity contribution in [3.8, 4) is 11.5 Å². The number of methoxy groups -OCH3 is 1. The van der Waals surface area contributed by atoms with Crippen molar-refractivity contribution in [3.05, 3.63) is 23.8 Å². The molecule has 4 heteroatoms. The fraction of sp³-hybridized carbons (Fsp3) is 0.538. The van der Waals surface area contributed by atoms with E-state index in [-0.39, 0.29) is 11.9 Å². The van der Waals surface area contributed by atoms with Crippen LogP contribution in [0.1, 0.15) is 25.3 Å². The van der Waals surface area contributed by atoms with Gasteiger partial charge in [0.2, 0.25) is 0 Å². The molecule has 0 aliphatic rings. The molecule has 0 amide bonds. The fourth-order valence-electron chi connectivity index (χ4n) is 1.68. The van der Waals surface area contributed by atoms with E-state index in [1.54, 1.807) is 6.07 Å². The first-order valence-corrected chi connectivity index (χ1v) is 5.92. The van der Waals surface area contributed by atoms with Crippen molar-refractivity contribution in [2.24, 2.45) is 0 Å². The van der Waals surface area contributed by atoms with Gasteiger partial charge in [0.15, 0.2) is 11.5 Å². The number of ether oxygens (including phenoxy) is 1. The second kappa shape index (κ2) is 7.14. The lowest BCUT2D eigenvalue weighted by molar-refractivity contribution is 0.160. The maximum Gasteiger partial charge on any atom is 0.162 e. The van der Waals surface area contributed by atoms with Gasteiger partial charge in [-0.3, -0.25) is 0 Å². The quantitative estimate of drug-likeness (QED) is 0.677. The Hall–Kier alpha value is -1.26. The van der Waals surface area contributed by atoms with Crippen LogP contribution in [0.5, 0.6) is 11.5 Å². The standard InChI is InChI=1S/C13H21NO3/c1-3-5-11(15)9-14-8-10-6-4-7-12(17-2)13(10)16/h4,6-7,11,14-16H,3,5,8-9H2,1-2H3. The van der Waals surface area contributed by atoms with E-state index in [2.05, 4.69) is 5.32 Å². The molecule has 1 aromatic carbocycles. The number of rotatable bonds is 7. The Morgan fingerprint density at radius 1 is 1.41 bits per heavy atom. The normalized spacial score (nSPS) is 12.4. The Morgan fingerprint density at radius 2 is 2.18 bits per heavy atom. The van der Waals surface area contributed by atoms with Gasteiger partial charge in [-0.1, -0.05) is 25.5 Å². The van der Waals surface area contributed by atoms with Crippen LogP contribution in [0.3, 0.4) is 0 Å². The summed E-state index contributed by atoms with van der Waals surface area (Å²) in [7, 11) is 1.53. The number of hydrogen-bond donors (Lipinski definition) is 3. The Kier molecular flexibility index (Phi) is 5.80. The molecule has 0 radical (unpaired) electrons. The minimum atomic E-state index is -0.326. The van der Waals surface area contributed by atoms with Crippen molar-refractivity contribution in [1.29, 1.82) is 0 Å². The molecular formula is C13H21NO3. The van der Waals surface area contributed by atoms with Crippen LogP contribution in [0.25, 0.3) is 0 Å². The number of nitrogens with one attached hydrogen (secondary N) is 1. The molecule has 0 spiro atoms. The van der Waals surface area contributed by atoms with E-state index >= 15 is 0 Å². The van der Waals surface area contributed by atoms with Crippen LogP contribution in [-0.4, -0.2) is 30.0 Å². The molecule has 1 unspecified atom stereocenters. The summed E-state index contributed by atoms with van der Waals surface area (Å²) in [6, 6.07) is 5.37. The molecule has 4 nitrogen and oxygen atoms in total. The van der Waals surface area contributed by atoms with Crippen LogP contribution in [-0.2, 0) is 6.54 Å². The van der Waals surface area contributed by atoms with Gasteiger partial charge in [-0.05, 0) is 12.5 Å². The molecule has 17 heavy (non-hydrogen) atoms. The van der Waals surface area contributed by atoms with Crippen LogP contribution in [0.4, 0.5) is 0 Å². The highest BCUT2D eigenvalue weighted by molar-refractivity contribution is 5.45. The maximum atomic E-state index is 9.83. The highest BCUT2D eigenvalue weighted by Gasteiger charge is 2.07. The van der Waals surface area contributed by atoms with Gasteiger partial charge in [0.1, 0.15) is 0 Å². The number of phenolic OH excluding ortho intramolecular Hbond substituents is 1. The van der Waals surface area contributed by atoms with Crippen LogP contribution in [0, 0.1) is 0 Å². The largest absolute Gasteiger partial charge is 0.504 e. The summed E-state index contributed by atoms with van der Waals surface area (Å²) in [4.78, 5) is 0. The molecule has 0 saturated heterocycles. The minimum Gasteiger partial charge on any atom is -0.504 e. The molecule has 0 aromatic heterocycles. The van der Waals surface area contributed by atoms with E-state index in [1.165, 1.54) is 7.11 Å². The summed E-state index contributed by atoms with van der Waals surface area (Å²) >= 11 is 0. The predicted octanol–water partition coefficient (Wildman–Crippen LogP) is 1.65. The summed E-state index contributed by atoms with van der Waals surface area (Å²) in [5, 5.41) is 22.5. The molecule has 0 saturated carbocycles. The molecule has 1 rings (SSSR count). The van der Waals surface area contributed by atoms with Crippen molar-refractivity contribution in [1.82, 2.24) is 5.32 Å². The Bertz CT molecular complexity index is 341. The van der Waals surface area contributed by atoms with Crippen molar-refractivity contribution < 1.29 is 14.9 Å². The number of aromatic hydroxyl groups is 1. The van der Waals surface area contributed by atoms with Gasteiger partial charge < -0.3 is 20.3 Å². The Labute approximate surface area is 102 Å². The van der Waals surface area contributed by atoms with Crippen molar-refractivity contribution in [2.45, 2.75) is 32.4 Å². The Balaban J connectivity index is 2.46. The van der Waals surface area contributed by atoms with Crippen molar-refractivity contribution in [2.75, 3.05) is 13.7 Å². The summed E-state index contributed by atoms with van der Waals surface area (Å²) in [5.74, 6) is 0.630. The van der Waals surface area contributed by atoms with Crippen molar-refractivity contribution >= 4 is 0 Å². The molecular weight excluding hydrogens is 218 g/mol. The second-order valence-corrected chi connectivity index (χ2v) is 4.04. The third kappa shape index (κ3) is 4.24. The molecule has 0 fully saturated rings. The molecule has 0 heterocycles. The average molecular weight is 239 g/mol. The van der Waals surface area contributed by atoms with Crippen molar-refractivity contribution in [3.63, 3.8) is 0 Å². The smallest absolute Gasteiger partial charge is 0.162 e. The first-order valence-electron chi connectivity index (χ1n) is 5.92. The molecule has 3 N–H and O–H groups in total. The van der Waals surface area contributed by atoms with E-state index < -0.39 is 0 Å². The van der Waals surface area contributed by atoms with Crippen LogP contribution in [0.2, 0.25) is 0 Å². The number of benzene rings is 1. The van der Waals surface area contributed by atoms with E-state index in [0.29, 0.717) is 18.8 Å². The first-order chi connectivity index (χ1) is 8.19. The van der Waals surface area contributed by atoms with E-state index in [9.17, 15) is 10.2 Å². The average Bonchev–Trinajstić information content (AvgIpc) is 2.32. The van der Waals surface area contributed by atoms with E-state index in [1.807, 2.05) is 19.1 Å². The van der Waals surface area contributed by atoms with Gasteiger partial charge in [0.25, 0.3) is 0 Å². The van der Waals surface area contributed by atoms with Crippen LogP contribution >= 0.6 is 0 Å². The number of aliphatic hydroxyl groups is 1. The fourth-order valence-corrected chi connectivity index (χ4v) is 1.68. The SMILES string of the molecule is CCCC(O)CNCc1cccc(OC)c1O. The summed E-state index contributed by atoms with van der Waals surface area (Å²) < 4.78 is 5.02. The third-order valence-corrected chi connectivity index (χ3v) is 2.62. The van der Waals surface area contributed by atoms with Gasteiger partial charge in [-0.15, -0.1) is 0 Å². The second-order valence-electron chi connectivity index (χ2n) is 4.04. The molecule has 1 atom stereocenters. The lowest BCUT2D eigenvalue weighted by Gasteiger charge is -2.12. The number of para-hydroxylation sites is 1. The molecule has 0 bridgehead atoms. The third-order valence-electron chi connectivity index (χ3n) is 2.62. The molecule has 0 aliphatic heterocycles. The van der Waals surface area contributed by atoms with Gasteiger partial charge in [-0.25, -0.2) is 0 Å². The lowest BCUT2D eigenvalue weighted by atomic mass is 10.1. The zero-order valence-electron chi connectivity index (χ0n) is 10.4. The summed E-state index contributed by atoms with van der Waals surface area (Å²) in [6.45, 7) is 3.09. The number of hydrogen-bond acceptors (Lipinski definition) is 4. The minimum absolute atomic E-state index is 0.160. The van der Waals surface area contributed by atoms with E-state index in [0.717, 1.165) is 18.4 Å². The zero-order chi connectivity index (χ0) is 12.7. The first kappa shape index (κ1) is 13.8.